The van der Waals surface area contributed by atoms with Gasteiger partial charge in [-0.15, -0.1) is 0 Å². The van der Waals surface area contributed by atoms with Gasteiger partial charge in [-0.2, -0.15) is 0 Å². The zero-order valence-corrected chi connectivity index (χ0v) is 16.5. The summed E-state index contributed by atoms with van der Waals surface area (Å²) < 4.78 is 7.99. The highest BCUT2D eigenvalue weighted by atomic mass is 16.5. The highest BCUT2D eigenvalue weighted by Crippen LogP contribution is 2.21. The first kappa shape index (κ1) is 19.4. The number of imidazole rings is 1. The van der Waals surface area contributed by atoms with Gasteiger partial charge in [0.2, 0.25) is 0 Å². The van der Waals surface area contributed by atoms with Crippen LogP contribution in [-0.2, 0) is 18.4 Å². The molecule has 146 valence electrons. The maximum absolute atomic E-state index is 12.7. The van der Waals surface area contributed by atoms with Gasteiger partial charge < -0.3 is 19.5 Å². The van der Waals surface area contributed by atoms with E-state index >= 15 is 0 Å². The van der Waals surface area contributed by atoms with Gasteiger partial charge in [0.15, 0.2) is 0 Å². The Bertz CT molecular complexity index is 721. The van der Waals surface area contributed by atoms with Gasteiger partial charge in [0.05, 0.1) is 18.8 Å². The van der Waals surface area contributed by atoms with Gasteiger partial charge in [-0.05, 0) is 24.3 Å². The summed E-state index contributed by atoms with van der Waals surface area (Å²) in [5.74, 6) is 1.15. The number of rotatable bonds is 6. The number of piperidine rings is 1. The summed E-state index contributed by atoms with van der Waals surface area (Å²) in [6.07, 6.45) is 5.63. The van der Waals surface area contributed by atoms with E-state index in [1.807, 2.05) is 40.9 Å². The first-order valence-electron chi connectivity index (χ1n) is 9.72. The standard InChI is InChI=1S/C21H30N4O2/c1-16(2)19(20-22-11-14-24(20)3)23-21(26)25-12-9-18(10-13-25)27-15-17-7-5-4-6-8-17/h4-8,11,14,16,18-19H,9-10,12-13,15H2,1-3H3,(H,23,26)/t19-/m0/s1. The Morgan fingerprint density at radius 2 is 1.96 bits per heavy atom. The Kier molecular flexibility index (Phi) is 6.50. The molecule has 6 nitrogen and oxygen atoms in total. The normalized spacial score (nSPS) is 16.5. The summed E-state index contributed by atoms with van der Waals surface area (Å²) in [6, 6.07) is 10.1. The molecule has 3 rings (SSSR count). The summed E-state index contributed by atoms with van der Waals surface area (Å²) in [5.41, 5.74) is 1.19. The number of nitrogens with zero attached hydrogens (tertiary/aromatic N) is 3. The van der Waals surface area contributed by atoms with Crippen LogP contribution < -0.4 is 5.32 Å². The minimum Gasteiger partial charge on any atom is -0.373 e. The SMILES string of the molecule is CC(C)[C@H](NC(=O)N1CCC(OCc2ccccc2)CC1)c1nccn1C. The molecule has 2 aromatic rings. The molecule has 1 N–H and O–H groups in total. The van der Waals surface area contributed by atoms with Crippen molar-refractivity contribution in [3.8, 4) is 0 Å². The second-order valence-corrected chi connectivity index (χ2v) is 7.55. The van der Waals surface area contributed by atoms with Crippen LogP contribution >= 0.6 is 0 Å². The summed E-state index contributed by atoms with van der Waals surface area (Å²) in [4.78, 5) is 19.0. The summed E-state index contributed by atoms with van der Waals surface area (Å²) >= 11 is 0. The second-order valence-electron chi connectivity index (χ2n) is 7.55. The molecule has 2 heterocycles. The zero-order chi connectivity index (χ0) is 19.2. The van der Waals surface area contributed by atoms with E-state index in [9.17, 15) is 4.79 Å². The highest BCUT2D eigenvalue weighted by Gasteiger charge is 2.27. The first-order valence-corrected chi connectivity index (χ1v) is 9.72. The first-order chi connectivity index (χ1) is 13.0. The van der Waals surface area contributed by atoms with Gasteiger partial charge in [0.1, 0.15) is 5.82 Å². The van der Waals surface area contributed by atoms with E-state index in [4.69, 9.17) is 4.74 Å². The van der Waals surface area contributed by atoms with Gasteiger partial charge in [0, 0.05) is 32.5 Å². The number of urea groups is 1. The lowest BCUT2D eigenvalue weighted by molar-refractivity contribution is 0.00414. The van der Waals surface area contributed by atoms with E-state index in [1.54, 1.807) is 6.20 Å². The molecule has 1 fully saturated rings. The molecule has 0 unspecified atom stereocenters. The van der Waals surface area contributed by atoms with Crippen LogP contribution in [-0.4, -0.2) is 39.7 Å². The number of amides is 2. The fourth-order valence-electron chi connectivity index (χ4n) is 3.44. The third-order valence-corrected chi connectivity index (χ3v) is 5.14. The molecular formula is C21H30N4O2. The topological polar surface area (TPSA) is 59.4 Å². The molecule has 1 aromatic carbocycles. The molecule has 1 atom stereocenters. The van der Waals surface area contributed by atoms with E-state index in [0.29, 0.717) is 6.61 Å². The Morgan fingerprint density at radius 1 is 1.26 bits per heavy atom. The van der Waals surface area contributed by atoms with Crippen LogP contribution in [0.5, 0.6) is 0 Å². The number of aromatic nitrogens is 2. The zero-order valence-electron chi connectivity index (χ0n) is 16.5. The average molecular weight is 370 g/mol. The minimum atomic E-state index is -0.0930. The predicted octanol–water partition coefficient (Wildman–Crippen LogP) is 3.51. The lowest BCUT2D eigenvalue weighted by atomic mass is 10.0. The molecule has 1 aliphatic rings. The Balaban J connectivity index is 1.48. The average Bonchev–Trinajstić information content (AvgIpc) is 3.11. The van der Waals surface area contributed by atoms with Crippen LogP contribution in [0.4, 0.5) is 4.79 Å². The van der Waals surface area contributed by atoms with Gasteiger partial charge in [0.25, 0.3) is 0 Å². The van der Waals surface area contributed by atoms with Crippen LogP contribution in [0.15, 0.2) is 42.7 Å². The van der Waals surface area contributed by atoms with E-state index in [2.05, 4.69) is 36.3 Å². The molecule has 1 aromatic heterocycles. The molecule has 2 amide bonds. The van der Waals surface area contributed by atoms with Crippen molar-refractivity contribution in [1.29, 1.82) is 0 Å². The van der Waals surface area contributed by atoms with Crippen molar-refractivity contribution in [2.75, 3.05) is 13.1 Å². The van der Waals surface area contributed by atoms with Crippen LogP contribution in [0.25, 0.3) is 0 Å². The number of aryl methyl sites for hydroxylation is 1. The number of carbonyl (C=O) groups is 1. The summed E-state index contributed by atoms with van der Waals surface area (Å²) in [6.45, 7) is 6.27. The van der Waals surface area contributed by atoms with Gasteiger partial charge in [-0.3, -0.25) is 0 Å². The molecule has 0 radical (unpaired) electrons. The number of ether oxygens (including phenoxy) is 1. The van der Waals surface area contributed by atoms with Gasteiger partial charge in [-0.1, -0.05) is 44.2 Å². The lowest BCUT2D eigenvalue weighted by Crippen LogP contribution is -2.48. The van der Waals surface area contributed by atoms with Gasteiger partial charge in [-0.25, -0.2) is 9.78 Å². The van der Waals surface area contributed by atoms with Crippen molar-refractivity contribution in [3.05, 3.63) is 54.1 Å². The van der Waals surface area contributed by atoms with Crippen LogP contribution in [0.1, 0.15) is 44.1 Å². The third-order valence-electron chi connectivity index (χ3n) is 5.14. The van der Waals surface area contributed by atoms with Crippen LogP contribution in [0, 0.1) is 5.92 Å². The fourth-order valence-corrected chi connectivity index (χ4v) is 3.44. The van der Waals surface area contributed by atoms with Crippen molar-refractivity contribution in [2.45, 2.75) is 45.4 Å². The second kappa shape index (κ2) is 9.04. The number of benzene rings is 1. The number of carbonyl (C=O) groups excluding carboxylic acids is 1. The van der Waals surface area contributed by atoms with E-state index in [0.717, 1.165) is 31.8 Å². The molecule has 0 spiro atoms. The highest BCUT2D eigenvalue weighted by molar-refractivity contribution is 5.74. The van der Waals surface area contributed by atoms with E-state index in [-0.39, 0.29) is 24.1 Å². The number of likely N-dealkylation sites (tertiary alicyclic amines) is 1. The quantitative estimate of drug-likeness (QED) is 0.846. The predicted molar refractivity (Wildman–Crippen MR) is 105 cm³/mol. The van der Waals surface area contributed by atoms with Crippen molar-refractivity contribution < 1.29 is 9.53 Å². The molecular weight excluding hydrogens is 340 g/mol. The Hall–Kier alpha value is -2.34. The monoisotopic (exact) mass is 370 g/mol. The largest absolute Gasteiger partial charge is 0.373 e. The molecule has 0 saturated carbocycles. The van der Waals surface area contributed by atoms with Crippen LogP contribution in [0.2, 0.25) is 0 Å². The molecule has 1 saturated heterocycles. The van der Waals surface area contributed by atoms with Crippen molar-refractivity contribution in [1.82, 2.24) is 19.8 Å². The van der Waals surface area contributed by atoms with E-state index in [1.165, 1.54) is 5.56 Å². The van der Waals surface area contributed by atoms with Crippen molar-refractivity contribution >= 4 is 6.03 Å². The smallest absolute Gasteiger partial charge is 0.317 e. The maximum Gasteiger partial charge on any atom is 0.317 e. The van der Waals surface area contributed by atoms with E-state index < -0.39 is 0 Å². The molecule has 1 aliphatic heterocycles. The van der Waals surface area contributed by atoms with Crippen molar-refractivity contribution in [3.63, 3.8) is 0 Å². The number of hydrogen-bond acceptors (Lipinski definition) is 3. The maximum atomic E-state index is 12.7. The lowest BCUT2D eigenvalue weighted by Gasteiger charge is -2.33. The third kappa shape index (κ3) is 5.10. The molecule has 0 bridgehead atoms. The summed E-state index contributed by atoms with van der Waals surface area (Å²) in [5, 5.41) is 3.16. The van der Waals surface area contributed by atoms with Crippen molar-refractivity contribution in [2.24, 2.45) is 13.0 Å². The minimum absolute atomic E-state index is 0.0155. The molecule has 6 heteroatoms. The Labute approximate surface area is 161 Å². The van der Waals surface area contributed by atoms with Gasteiger partial charge >= 0.3 is 6.03 Å². The Morgan fingerprint density at radius 3 is 2.56 bits per heavy atom. The molecule has 0 aliphatic carbocycles. The number of nitrogens with one attached hydrogen (secondary N) is 1. The fraction of sp³-hybridized carbons (Fsp3) is 0.524. The number of hydrogen-bond donors (Lipinski definition) is 1. The van der Waals surface area contributed by atoms with Crippen LogP contribution in [0.3, 0.4) is 0 Å². The molecule has 27 heavy (non-hydrogen) atoms. The summed E-state index contributed by atoms with van der Waals surface area (Å²) in [7, 11) is 1.96.